The van der Waals surface area contributed by atoms with Crippen LogP contribution < -0.4 is 5.32 Å². The molecule has 0 aromatic heterocycles. The van der Waals surface area contributed by atoms with Gasteiger partial charge in [-0.3, -0.25) is 10.1 Å². The number of benzene rings is 1. The molecule has 0 fully saturated rings. The quantitative estimate of drug-likeness (QED) is 0.683. The summed E-state index contributed by atoms with van der Waals surface area (Å²) >= 11 is 0. The number of carbonyl (C=O) groups is 1. The van der Waals surface area contributed by atoms with E-state index in [9.17, 15) is 4.79 Å². The van der Waals surface area contributed by atoms with Gasteiger partial charge in [0, 0.05) is 6.54 Å². The molecule has 0 saturated carbocycles. The predicted octanol–water partition coefficient (Wildman–Crippen LogP) is 0.787. The summed E-state index contributed by atoms with van der Waals surface area (Å²) in [5.41, 5.74) is 2.23. The van der Waals surface area contributed by atoms with Crippen molar-refractivity contribution in [3.05, 3.63) is 34.9 Å². The molecule has 4 heteroatoms. The van der Waals surface area contributed by atoms with E-state index in [1.807, 2.05) is 6.07 Å². The number of carboxylic acid groups (broad SMARTS) is 1. The number of nitrogens with zero attached hydrogens (tertiary/aromatic N) is 1. The van der Waals surface area contributed by atoms with Gasteiger partial charge in [-0.1, -0.05) is 6.07 Å². The lowest BCUT2D eigenvalue weighted by atomic mass is 10.0. The molecular formula is C10H8N2O2. The average molecular weight is 188 g/mol. The minimum absolute atomic E-state index is 0.516. The van der Waals surface area contributed by atoms with Gasteiger partial charge in [0.1, 0.15) is 6.04 Å². The van der Waals surface area contributed by atoms with Crippen LogP contribution in [0.3, 0.4) is 0 Å². The fourth-order valence-electron chi connectivity index (χ4n) is 1.65. The van der Waals surface area contributed by atoms with E-state index < -0.39 is 12.0 Å². The third-order valence-electron chi connectivity index (χ3n) is 2.33. The highest BCUT2D eigenvalue weighted by atomic mass is 16.4. The van der Waals surface area contributed by atoms with E-state index in [0.29, 0.717) is 12.1 Å². The van der Waals surface area contributed by atoms with Crippen LogP contribution in [0.2, 0.25) is 0 Å². The highest BCUT2D eigenvalue weighted by Gasteiger charge is 2.27. The minimum Gasteiger partial charge on any atom is -0.480 e. The Balaban J connectivity index is 2.44. The summed E-state index contributed by atoms with van der Waals surface area (Å²) in [5, 5.41) is 20.4. The molecule has 0 aliphatic carbocycles. The van der Waals surface area contributed by atoms with E-state index in [0.717, 1.165) is 11.1 Å². The standard InChI is InChI=1S/C10H8N2O2/c11-4-6-1-2-8-7(3-6)5-12-9(8)10(13)14/h1-3,9,12H,5H2,(H,13,14). The Labute approximate surface area is 80.8 Å². The van der Waals surface area contributed by atoms with Crippen molar-refractivity contribution < 1.29 is 9.90 Å². The van der Waals surface area contributed by atoms with Crippen LogP contribution in [-0.4, -0.2) is 11.1 Å². The molecule has 1 aliphatic rings. The first-order valence-electron chi connectivity index (χ1n) is 4.21. The van der Waals surface area contributed by atoms with Crippen molar-refractivity contribution >= 4 is 5.97 Å². The molecule has 0 radical (unpaired) electrons. The molecule has 1 aliphatic heterocycles. The Morgan fingerprint density at radius 1 is 1.64 bits per heavy atom. The highest BCUT2D eigenvalue weighted by molar-refractivity contribution is 5.77. The lowest BCUT2D eigenvalue weighted by molar-refractivity contribution is -0.139. The largest absolute Gasteiger partial charge is 0.480 e. The van der Waals surface area contributed by atoms with Gasteiger partial charge >= 0.3 is 5.97 Å². The molecule has 14 heavy (non-hydrogen) atoms. The zero-order chi connectivity index (χ0) is 10.1. The van der Waals surface area contributed by atoms with Gasteiger partial charge in [0.2, 0.25) is 0 Å². The van der Waals surface area contributed by atoms with Crippen LogP contribution in [0.15, 0.2) is 18.2 Å². The second-order valence-corrected chi connectivity index (χ2v) is 3.18. The molecule has 0 spiro atoms. The zero-order valence-corrected chi connectivity index (χ0v) is 7.32. The zero-order valence-electron chi connectivity index (χ0n) is 7.32. The Bertz CT molecular complexity index is 434. The maximum atomic E-state index is 10.8. The summed E-state index contributed by atoms with van der Waals surface area (Å²) in [7, 11) is 0. The number of fused-ring (bicyclic) bond motifs is 1. The number of carboxylic acids is 1. The van der Waals surface area contributed by atoms with E-state index in [4.69, 9.17) is 10.4 Å². The van der Waals surface area contributed by atoms with Crippen LogP contribution in [-0.2, 0) is 11.3 Å². The lowest BCUT2D eigenvalue weighted by Crippen LogP contribution is -2.21. The average Bonchev–Trinajstić information content (AvgIpc) is 2.59. The van der Waals surface area contributed by atoms with Crippen molar-refractivity contribution in [2.75, 3.05) is 0 Å². The van der Waals surface area contributed by atoms with Gasteiger partial charge in [-0.25, -0.2) is 0 Å². The number of rotatable bonds is 1. The molecule has 0 amide bonds. The van der Waals surface area contributed by atoms with Gasteiger partial charge in [-0.15, -0.1) is 0 Å². The van der Waals surface area contributed by atoms with E-state index in [-0.39, 0.29) is 0 Å². The Morgan fingerprint density at radius 3 is 3.07 bits per heavy atom. The number of nitriles is 1. The van der Waals surface area contributed by atoms with E-state index in [2.05, 4.69) is 5.32 Å². The molecule has 4 nitrogen and oxygen atoms in total. The molecule has 0 saturated heterocycles. The van der Waals surface area contributed by atoms with Crippen molar-refractivity contribution in [2.24, 2.45) is 0 Å². The number of aliphatic carboxylic acids is 1. The molecule has 1 aromatic carbocycles. The third kappa shape index (κ3) is 1.24. The van der Waals surface area contributed by atoms with Gasteiger partial charge < -0.3 is 5.11 Å². The summed E-state index contributed by atoms with van der Waals surface area (Å²) in [5.74, 6) is -0.881. The molecule has 1 heterocycles. The number of hydrogen-bond donors (Lipinski definition) is 2. The van der Waals surface area contributed by atoms with Crippen molar-refractivity contribution in [2.45, 2.75) is 12.6 Å². The molecule has 2 N–H and O–H groups in total. The van der Waals surface area contributed by atoms with Crippen molar-refractivity contribution in [3.8, 4) is 6.07 Å². The fourth-order valence-corrected chi connectivity index (χ4v) is 1.65. The summed E-state index contributed by atoms with van der Waals surface area (Å²) in [6, 6.07) is 6.47. The molecule has 2 rings (SSSR count). The van der Waals surface area contributed by atoms with Crippen LogP contribution in [0.1, 0.15) is 22.7 Å². The first-order chi connectivity index (χ1) is 6.72. The van der Waals surface area contributed by atoms with Crippen LogP contribution in [0.25, 0.3) is 0 Å². The SMILES string of the molecule is N#Cc1ccc2c(c1)CNC2C(=O)O. The summed E-state index contributed by atoms with van der Waals surface area (Å²) in [6.45, 7) is 0.516. The predicted molar refractivity (Wildman–Crippen MR) is 48.4 cm³/mol. The van der Waals surface area contributed by atoms with E-state index in [1.165, 1.54) is 0 Å². The smallest absolute Gasteiger partial charge is 0.325 e. The fraction of sp³-hybridized carbons (Fsp3) is 0.200. The summed E-state index contributed by atoms with van der Waals surface area (Å²) in [6.07, 6.45) is 0. The Morgan fingerprint density at radius 2 is 2.43 bits per heavy atom. The van der Waals surface area contributed by atoms with Gasteiger partial charge in [-0.05, 0) is 23.3 Å². The summed E-state index contributed by atoms with van der Waals surface area (Å²) in [4.78, 5) is 10.8. The van der Waals surface area contributed by atoms with Gasteiger partial charge in [0.15, 0.2) is 0 Å². The lowest BCUT2D eigenvalue weighted by Gasteiger charge is -2.04. The van der Waals surface area contributed by atoms with E-state index >= 15 is 0 Å². The maximum Gasteiger partial charge on any atom is 0.325 e. The maximum absolute atomic E-state index is 10.8. The van der Waals surface area contributed by atoms with E-state index in [1.54, 1.807) is 18.2 Å². The van der Waals surface area contributed by atoms with Gasteiger partial charge in [0.05, 0.1) is 11.6 Å². The van der Waals surface area contributed by atoms with Crippen molar-refractivity contribution in [3.63, 3.8) is 0 Å². The van der Waals surface area contributed by atoms with Crippen LogP contribution in [0.5, 0.6) is 0 Å². The number of nitrogens with one attached hydrogen (secondary N) is 1. The van der Waals surface area contributed by atoms with Crippen LogP contribution >= 0.6 is 0 Å². The number of hydrogen-bond acceptors (Lipinski definition) is 3. The second kappa shape index (κ2) is 3.13. The Hall–Kier alpha value is -1.86. The van der Waals surface area contributed by atoms with Gasteiger partial charge in [-0.2, -0.15) is 5.26 Å². The summed E-state index contributed by atoms with van der Waals surface area (Å²) < 4.78 is 0. The molecule has 70 valence electrons. The minimum atomic E-state index is -0.881. The molecule has 0 bridgehead atoms. The van der Waals surface area contributed by atoms with Crippen molar-refractivity contribution in [1.82, 2.24) is 5.32 Å². The van der Waals surface area contributed by atoms with Crippen molar-refractivity contribution in [1.29, 1.82) is 5.26 Å². The van der Waals surface area contributed by atoms with Crippen LogP contribution in [0.4, 0.5) is 0 Å². The Kier molecular flexibility index (Phi) is 1.95. The first kappa shape index (κ1) is 8.73. The highest BCUT2D eigenvalue weighted by Crippen LogP contribution is 2.25. The molecular weight excluding hydrogens is 180 g/mol. The molecule has 1 atom stereocenters. The van der Waals surface area contributed by atoms with Gasteiger partial charge in [0.25, 0.3) is 0 Å². The van der Waals surface area contributed by atoms with Crippen LogP contribution in [0, 0.1) is 11.3 Å². The topological polar surface area (TPSA) is 73.1 Å². The monoisotopic (exact) mass is 188 g/mol. The normalized spacial score (nSPS) is 18.6. The first-order valence-corrected chi connectivity index (χ1v) is 4.21. The molecule has 1 aromatic rings. The molecule has 1 unspecified atom stereocenters. The second-order valence-electron chi connectivity index (χ2n) is 3.18. The third-order valence-corrected chi connectivity index (χ3v) is 2.33.